The maximum atomic E-state index is 11.7. The molecule has 2 atom stereocenters. The minimum Gasteiger partial charge on any atom is -0.347 e. The topological polar surface area (TPSA) is 55.1 Å². The van der Waals surface area contributed by atoms with Gasteiger partial charge in [-0.15, -0.1) is 0 Å². The average molecular weight is 229 g/mol. The fourth-order valence-electron chi connectivity index (χ4n) is 0.964. The minimum absolute atomic E-state index is 0.121. The lowest BCUT2D eigenvalue weighted by atomic mass is 9.87. The Morgan fingerprint density at radius 1 is 1.40 bits per heavy atom. The molecule has 1 amide bonds. The van der Waals surface area contributed by atoms with E-state index in [0.29, 0.717) is 0 Å². The predicted octanol–water partition coefficient (Wildman–Crippen LogP) is 1.38. The lowest BCUT2D eigenvalue weighted by molar-refractivity contribution is -0.124. The zero-order chi connectivity index (χ0) is 12.2. The predicted molar refractivity (Wildman–Crippen MR) is 66.8 cm³/mol. The number of carbonyl (C=O) groups excluding carboxylic acids is 1. The van der Waals surface area contributed by atoms with E-state index in [1.54, 1.807) is 0 Å². The number of amides is 1. The van der Waals surface area contributed by atoms with Crippen LogP contribution in [-0.2, 0) is 4.79 Å². The molecule has 0 aliphatic carbocycles. The largest absolute Gasteiger partial charge is 0.347 e. The van der Waals surface area contributed by atoms with E-state index in [4.69, 9.17) is 18.0 Å². The third-order valence-corrected chi connectivity index (χ3v) is 2.53. The lowest BCUT2D eigenvalue weighted by Crippen LogP contribution is -2.52. The van der Waals surface area contributed by atoms with Crippen LogP contribution in [-0.4, -0.2) is 23.4 Å². The first-order valence-electron chi connectivity index (χ1n) is 5.13. The van der Waals surface area contributed by atoms with Crippen LogP contribution in [0.25, 0.3) is 0 Å². The van der Waals surface area contributed by atoms with Crippen LogP contribution in [0.5, 0.6) is 0 Å². The molecule has 15 heavy (non-hydrogen) atoms. The Morgan fingerprint density at radius 3 is 2.13 bits per heavy atom. The second kappa shape index (κ2) is 5.56. The Hall–Kier alpha value is -0.480. The third-order valence-electron chi connectivity index (χ3n) is 2.29. The van der Waals surface area contributed by atoms with Crippen LogP contribution in [0, 0.1) is 11.3 Å². The Morgan fingerprint density at radius 2 is 1.87 bits per heavy atom. The van der Waals surface area contributed by atoms with Crippen LogP contribution in [0.4, 0.5) is 0 Å². The summed E-state index contributed by atoms with van der Waals surface area (Å²) in [7, 11) is 0. The summed E-state index contributed by atoms with van der Waals surface area (Å²) in [5, 5.41) is 5.47. The Kier molecular flexibility index (Phi) is 5.38. The average Bonchev–Trinajstić information content (AvgIpc) is 2.10. The summed E-state index contributed by atoms with van der Waals surface area (Å²) in [6.07, 6.45) is 0. The van der Waals surface area contributed by atoms with Gasteiger partial charge in [-0.25, -0.2) is 0 Å². The number of nitrogens with one attached hydrogen (secondary N) is 1. The molecule has 0 aromatic carbocycles. The van der Waals surface area contributed by atoms with Gasteiger partial charge >= 0.3 is 0 Å². The van der Waals surface area contributed by atoms with Crippen LogP contribution in [0.2, 0.25) is 0 Å². The number of rotatable bonds is 4. The molecule has 0 bridgehead atoms. The molecule has 0 fully saturated rings. The maximum absolute atomic E-state index is 11.7. The lowest BCUT2D eigenvalue weighted by Gasteiger charge is -2.29. The minimum atomic E-state index is -0.488. The van der Waals surface area contributed by atoms with Gasteiger partial charge in [0.1, 0.15) is 0 Å². The van der Waals surface area contributed by atoms with Crippen molar-refractivity contribution >= 4 is 23.5 Å². The molecule has 0 aliphatic rings. The first-order valence-corrected chi connectivity index (χ1v) is 5.54. The molecule has 1 unspecified atom stereocenters. The van der Waals surface area contributed by atoms with Crippen molar-refractivity contribution in [1.82, 2.24) is 5.32 Å². The van der Waals surface area contributed by atoms with Crippen molar-refractivity contribution in [1.29, 1.82) is 0 Å². The summed E-state index contributed by atoms with van der Waals surface area (Å²) in [5.74, 6) is -0.0435. The number of hydrogen-bond acceptors (Lipinski definition) is 3. The molecule has 1 radical (unpaired) electrons. The van der Waals surface area contributed by atoms with E-state index in [2.05, 4.69) is 10.7 Å². The quantitative estimate of drug-likeness (QED) is 0.716. The highest BCUT2D eigenvalue weighted by atomic mass is 32.1. The maximum Gasteiger partial charge on any atom is 0.237 e. The highest BCUT2D eigenvalue weighted by Crippen LogP contribution is 2.18. The normalized spacial score (nSPS) is 15.9. The summed E-state index contributed by atoms with van der Waals surface area (Å²) in [6.45, 7) is 9.82. The molecular weight excluding hydrogens is 208 g/mol. The van der Waals surface area contributed by atoms with Crippen molar-refractivity contribution in [2.24, 2.45) is 17.1 Å². The van der Waals surface area contributed by atoms with E-state index >= 15 is 0 Å². The van der Waals surface area contributed by atoms with Crippen molar-refractivity contribution < 1.29 is 4.79 Å². The SMILES string of the molecule is CC(C)C(N)C(=O)N[C@@H]([C]=S)C(C)(C)C. The van der Waals surface area contributed by atoms with Gasteiger partial charge in [-0.3, -0.25) is 4.79 Å². The summed E-state index contributed by atoms with van der Waals surface area (Å²) >= 11 is 4.79. The molecular formula is C11H21N2OS. The van der Waals surface area contributed by atoms with Crippen molar-refractivity contribution in [2.45, 2.75) is 46.7 Å². The van der Waals surface area contributed by atoms with Gasteiger partial charge in [0.25, 0.3) is 0 Å². The van der Waals surface area contributed by atoms with Crippen LogP contribution >= 0.6 is 12.2 Å². The van der Waals surface area contributed by atoms with E-state index in [1.807, 2.05) is 34.6 Å². The van der Waals surface area contributed by atoms with E-state index in [-0.39, 0.29) is 23.3 Å². The van der Waals surface area contributed by atoms with Crippen molar-refractivity contribution in [3.05, 3.63) is 0 Å². The molecule has 0 spiro atoms. The van der Waals surface area contributed by atoms with Crippen LogP contribution < -0.4 is 11.1 Å². The summed E-state index contributed by atoms with van der Waals surface area (Å²) in [4.78, 5) is 11.7. The van der Waals surface area contributed by atoms with Crippen LogP contribution in [0.3, 0.4) is 0 Å². The summed E-state index contributed by atoms with van der Waals surface area (Å²) in [6, 6.07) is -0.733. The van der Waals surface area contributed by atoms with Crippen molar-refractivity contribution in [3.8, 4) is 0 Å². The molecule has 0 aromatic heterocycles. The highest BCUT2D eigenvalue weighted by molar-refractivity contribution is 7.79. The zero-order valence-electron chi connectivity index (χ0n) is 10.1. The molecule has 0 saturated heterocycles. The third kappa shape index (κ3) is 4.71. The van der Waals surface area contributed by atoms with E-state index in [1.165, 1.54) is 0 Å². The monoisotopic (exact) mass is 229 g/mol. The molecule has 0 aliphatic heterocycles. The molecule has 0 rings (SSSR count). The van der Waals surface area contributed by atoms with Gasteiger partial charge in [0, 0.05) is 0 Å². The Labute approximate surface area is 97.8 Å². The number of carbonyl (C=O) groups is 1. The summed E-state index contributed by atoms with van der Waals surface area (Å²) in [5.41, 5.74) is 5.60. The first kappa shape index (κ1) is 14.5. The Bertz CT molecular complexity index is 233. The van der Waals surface area contributed by atoms with E-state index in [9.17, 15) is 4.79 Å². The summed E-state index contributed by atoms with van der Waals surface area (Å²) < 4.78 is 0. The van der Waals surface area contributed by atoms with Crippen molar-refractivity contribution in [3.63, 3.8) is 0 Å². The van der Waals surface area contributed by atoms with Gasteiger partial charge in [-0.1, -0.05) is 46.8 Å². The van der Waals surface area contributed by atoms with Crippen LogP contribution in [0.1, 0.15) is 34.6 Å². The highest BCUT2D eigenvalue weighted by Gasteiger charge is 2.27. The van der Waals surface area contributed by atoms with Gasteiger partial charge in [0.05, 0.1) is 17.5 Å². The second-order valence-electron chi connectivity index (χ2n) is 5.20. The van der Waals surface area contributed by atoms with Gasteiger partial charge in [0.15, 0.2) is 0 Å². The molecule has 0 saturated carbocycles. The number of thiocarbonyl (C=S) groups is 1. The van der Waals surface area contributed by atoms with Crippen molar-refractivity contribution in [2.75, 3.05) is 0 Å². The van der Waals surface area contributed by atoms with Gasteiger partial charge < -0.3 is 11.1 Å². The molecule has 4 heteroatoms. The first-order chi connectivity index (χ1) is 6.70. The standard InChI is InChI=1S/C11H21N2OS/c1-7(2)9(12)10(14)13-8(6-15)11(3,4)5/h7-9H,12H2,1-5H3,(H,13,14)/t8-,9?/m0/s1. The van der Waals surface area contributed by atoms with Crippen LogP contribution in [0.15, 0.2) is 0 Å². The molecule has 87 valence electrons. The molecule has 0 aromatic rings. The van der Waals surface area contributed by atoms with E-state index in [0.717, 1.165) is 0 Å². The van der Waals surface area contributed by atoms with E-state index < -0.39 is 6.04 Å². The molecule has 3 N–H and O–H groups in total. The van der Waals surface area contributed by atoms with Gasteiger partial charge in [0.2, 0.25) is 5.91 Å². The smallest absolute Gasteiger partial charge is 0.237 e. The van der Waals surface area contributed by atoms with Gasteiger partial charge in [-0.2, -0.15) is 0 Å². The second-order valence-corrected chi connectivity index (χ2v) is 5.43. The fraction of sp³-hybridized carbons (Fsp3) is 0.818. The van der Waals surface area contributed by atoms with Gasteiger partial charge in [-0.05, 0) is 11.3 Å². The number of hydrogen-bond donors (Lipinski definition) is 2. The fourth-order valence-corrected chi connectivity index (χ4v) is 1.38. The molecule has 3 nitrogen and oxygen atoms in total. The zero-order valence-corrected chi connectivity index (χ0v) is 10.9. The molecule has 0 heterocycles. The Balaban J connectivity index is 4.45. The number of nitrogens with two attached hydrogens (primary N) is 1.